The molecule has 0 bridgehead atoms. The molecule has 2 unspecified atom stereocenters. The second kappa shape index (κ2) is 10.0. The molecule has 3 nitrogen and oxygen atoms in total. The molecule has 0 saturated carbocycles. The van der Waals surface area contributed by atoms with Gasteiger partial charge in [-0.3, -0.25) is 0 Å². The van der Waals surface area contributed by atoms with E-state index >= 15 is 0 Å². The van der Waals surface area contributed by atoms with E-state index in [1.807, 2.05) is 0 Å². The van der Waals surface area contributed by atoms with Gasteiger partial charge in [0.2, 0.25) is 0 Å². The van der Waals surface area contributed by atoms with Gasteiger partial charge in [-0.1, -0.05) is 38.1 Å². The third-order valence-corrected chi connectivity index (χ3v) is 5.92. The van der Waals surface area contributed by atoms with Crippen LogP contribution in [0.3, 0.4) is 0 Å². The summed E-state index contributed by atoms with van der Waals surface area (Å²) in [4.78, 5) is 0. The predicted octanol–water partition coefficient (Wildman–Crippen LogP) is 6.25. The second-order valence-corrected chi connectivity index (χ2v) is 9.16. The molecule has 1 aromatic rings. The van der Waals surface area contributed by atoms with Gasteiger partial charge in [0.1, 0.15) is 0 Å². The van der Waals surface area contributed by atoms with Crippen molar-refractivity contribution in [2.75, 3.05) is 13.2 Å². The fourth-order valence-corrected chi connectivity index (χ4v) is 3.47. The fourth-order valence-electron chi connectivity index (χ4n) is 3.47. The molecule has 1 aliphatic rings. The molecule has 3 heteroatoms. The molecule has 1 heterocycles. The highest BCUT2D eigenvalue weighted by Gasteiger charge is 2.33. The van der Waals surface area contributed by atoms with Crippen molar-refractivity contribution in [3.8, 4) is 0 Å². The SMILES string of the molecule is CCC(C)c1ccc(COC(C)(C)CCOC(C)(C)C2CCCCO2)cc1. The van der Waals surface area contributed by atoms with Crippen molar-refractivity contribution in [2.24, 2.45) is 0 Å². The summed E-state index contributed by atoms with van der Waals surface area (Å²) in [6, 6.07) is 8.85. The Morgan fingerprint density at radius 3 is 2.37 bits per heavy atom. The zero-order valence-corrected chi connectivity index (χ0v) is 18.3. The highest BCUT2D eigenvalue weighted by atomic mass is 16.6. The largest absolute Gasteiger partial charge is 0.375 e. The van der Waals surface area contributed by atoms with Crippen LogP contribution in [-0.2, 0) is 20.8 Å². The van der Waals surface area contributed by atoms with E-state index in [2.05, 4.69) is 65.8 Å². The van der Waals surface area contributed by atoms with Crippen LogP contribution in [0, 0.1) is 0 Å². The lowest BCUT2D eigenvalue weighted by atomic mass is 9.94. The summed E-state index contributed by atoms with van der Waals surface area (Å²) in [5, 5.41) is 0. The molecule has 2 rings (SSSR count). The Hall–Kier alpha value is -0.900. The Balaban J connectivity index is 1.75. The van der Waals surface area contributed by atoms with Gasteiger partial charge in [-0.2, -0.15) is 0 Å². The molecule has 1 saturated heterocycles. The van der Waals surface area contributed by atoms with E-state index < -0.39 is 0 Å². The summed E-state index contributed by atoms with van der Waals surface area (Å²) >= 11 is 0. The normalized spacial score (nSPS) is 19.9. The molecule has 0 aliphatic carbocycles. The first kappa shape index (κ1) is 22.4. The minimum atomic E-state index is -0.234. The molecule has 0 N–H and O–H groups in total. The maximum absolute atomic E-state index is 6.21. The monoisotopic (exact) mass is 376 g/mol. The lowest BCUT2D eigenvalue weighted by molar-refractivity contribution is -0.151. The van der Waals surface area contributed by atoms with Crippen LogP contribution in [0.5, 0.6) is 0 Å². The summed E-state index contributed by atoms with van der Waals surface area (Å²) in [7, 11) is 0. The van der Waals surface area contributed by atoms with Crippen molar-refractivity contribution >= 4 is 0 Å². The van der Waals surface area contributed by atoms with E-state index in [4.69, 9.17) is 14.2 Å². The van der Waals surface area contributed by atoms with Crippen molar-refractivity contribution in [1.29, 1.82) is 0 Å². The van der Waals surface area contributed by atoms with Gasteiger partial charge in [0.25, 0.3) is 0 Å². The molecule has 1 fully saturated rings. The molecule has 0 aromatic heterocycles. The van der Waals surface area contributed by atoms with Gasteiger partial charge in [-0.05, 0) is 76.8 Å². The van der Waals surface area contributed by atoms with Crippen LogP contribution in [0.1, 0.15) is 90.7 Å². The molecule has 0 amide bonds. The minimum Gasteiger partial charge on any atom is -0.375 e. The van der Waals surface area contributed by atoms with Crippen LogP contribution in [0.4, 0.5) is 0 Å². The maximum atomic E-state index is 6.21. The first-order valence-electron chi connectivity index (χ1n) is 10.7. The molecule has 2 atom stereocenters. The summed E-state index contributed by atoms with van der Waals surface area (Å²) in [6.07, 6.45) is 5.76. The highest BCUT2D eigenvalue weighted by molar-refractivity contribution is 5.24. The highest BCUT2D eigenvalue weighted by Crippen LogP contribution is 2.28. The number of benzene rings is 1. The lowest BCUT2D eigenvalue weighted by Gasteiger charge is -2.37. The Morgan fingerprint density at radius 2 is 1.78 bits per heavy atom. The van der Waals surface area contributed by atoms with Crippen molar-refractivity contribution < 1.29 is 14.2 Å². The lowest BCUT2D eigenvalue weighted by Crippen LogP contribution is -2.43. The van der Waals surface area contributed by atoms with Gasteiger partial charge in [0.15, 0.2) is 0 Å². The number of ether oxygens (including phenoxy) is 3. The van der Waals surface area contributed by atoms with E-state index in [0.29, 0.717) is 19.1 Å². The number of rotatable bonds is 10. The van der Waals surface area contributed by atoms with E-state index in [9.17, 15) is 0 Å². The molecular formula is C24H40O3. The summed E-state index contributed by atoms with van der Waals surface area (Å²) in [6.45, 7) is 15.3. The van der Waals surface area contributed by atoms with Gasteiger partial charge in [0, 0.05) is 6.61 Å². The average molecular weight is 377 g/mol. The first-order valence-corrected chi connectivity index (χ1v) is 10.7. The van der Waals surface area contributed by atoms with E-state index in [0.717, 1.165) is 19.4 Å². The van der Waals surface area contributed by atoms with Crippen LogP contribution in [0.25, 0.3) is 0 Å². The first-order chi connectivity index (χ1) is 12.7. The molecular weight excluding hydrogens is 336 g/mol. The molecule has 0 radical (unpaired) electrons. The summed E-state index contributed by atoms with van der Waals surface area (Å²) in [5.41, 5.74) is 2.19. The summed E-state index contributed by atoms with van der Waals surface area (Å²) < 4.78 is 18.3. The summed E-state index contributed by atoms with van der Waals surface area (Å²) in [5.74, 6) is 0.616. The zero-order chi connectivity index (χ0) is 19.9. The topological polar surface area (TPSA) is 27.7 Å². The van der Waals surface area contributed by atoms with Crippen molar-refractivity contribution in [2.45, 2.75) is 103 Å². The van der Waals surface area contributed by atoms with E-state index in [1.165, 1.54) is 30.4 Å². The smallest absolute Gasteiger partial charge is 0.0886 e. The third kappa shape index (κ3) is 7.21. The fraction of sp³-hybridized carbons (Fsp3) is 0.750. The Bertz CT molecular complexity index is 541. The van der Waals surface area contributed by atoms with Gasteiger partial charge >= 0.3 is 0 Å². The number of hydrogen-bond donors (Lipinski definition) is 0. The maximum Gasteiger partial charge on any atom is 0.0886 e. The number of hydrogen-bond acceptors (Lipinski definition) is 3. The molecule has 1 aliphatic heterocycles. The van der Waals surface area contributed by atoms with Crippen molar-refractivity contribution in [3.05, 3.63) is 35.4 Å². The Kier molecular flexibility index (Phi) is 8.33. The van der Waals surface area contributed by atoms with E-state index in [-0.39, 0.29) is 17.3 Å². The van der Waals surface area contributed by atoms with Gasteiger partial charge in [-0.15, -0.1) is 0 Å². The van der Waals surface area contributed by atoms with Crippen molar-refractivity contribution in [1.82, 2.24) is 0 Å². The van der Waals surface area contributed by atoms with Crippen LogP contribution in [0.2, 0.25) is 0 Å². The van der Waals surface area contributed by atoms with Crippen LogP contribution < -0.4 is 0 Å². The molecule has 1 aromatic carbocycles. The average Bonchev–Trinajstić information content (AvgIpc) is 2.66. The van der Waals surface area contributed by atoms with Gasteiger partial charge in [0.05, 0.1) is 30.5 Å². The quantitative estimate of drug-likeness (QED) is 0.483. The van der Waals surface area contributed by atoms with E-state index in [1.54, 1.807) is 0 Å². The van der Waals surface area contributed by atoms with Crippen LogP contribution in [0.15, 0.2) is 24.3 Å². The van der Waals surface area contributed by atoms with Crippen LogP contribution in [-0.4, -0.2) is 30.5 Å². The van der Waals surface area contributed by atoms with Crippen molar-refractivity contribution in [3.63, 3.8) is 0 Å². The molecule has 154 valence electrons. The molecule has 27 heavy (non-hydrogen) atoms. The molecule has 0 spiro atoms. The standard InChI is InChI=1S/C24H40O3/c1-7-19(2)21-13-11-20(12-14-21)18-27-23(3,4)15-17-26-24(5,6)22-10-8-9-16-25-22/h11-14,19,22H,7-10,15-18H2,1-6H3. The van der Waals surface area contributed by atoms with Gasteiger partial charge < -0.3 is 14.2 Å². The van der Waals surface area contributed by atoms with Crippen LogP contribution >= 0.6 is 0 Å². The second-order valence-electron chi connectivity index (χ2n) is 9.16. The predicted molar refractivity (Wildman–Crippen MR) is 112 cm³/mol. The minimum absolute atomic E-state index is 0.208. The zero-order valence-electron chi connectivity index (χ0n) is 18.3. The Morgan fingerprint density at radius 1 is 1.07 bits per heavy atom. The Labute approximate surface area is 166 Å². The van der Waals surface area contributed by atoms with Gasteiger partial charge in [-0.25, -0.2) is 0 Å². The third-order valence-electron chi connectivity index (χ3n) is 5.92.